The fourth-order valence-electron chi connectivity index (χ4n) is 2.28. The Balaban J connectivity index is 2.25. The third-order valence-corrected chi connectivity index (χ3v) is 4.89. The first-order valence-corrected chi connectivity index (χ1v) is 8.75. The van der Waals surface area contributed by atoms with Gasteiger partial charge in [0.1, 0.15) is 0 Å². The molecule has 0 bridgehead atoms. The van der Waals surface area contributed by atoms with E-state index in [1.807, 2.05) is 13.0 Å². The third-order valence-electron chi connectivity index (χ3n) is 3.49. The van der Waals surface area contributed by atoms with E-state index in [4.69, 9.17) is 14.2 Å². The van der Waals surface area contributed by atoms with Crippen molar-refractivity contribution in [2.45, 2.75) is 18.4 Å². The molecule has 0 spiro atoms. The quantitative estimate of drug-likeness (QED) is 0.830. The summed E-state index contributed by atoms with van der Waals surface area (Å²) in [6.45, 7) is 1.95. The molecule has 130 valence electrons. The zero-order chi connectivity index (χ0) is 17.7. The second-order valence-electron chi connectivity index (χ2n) is 5.17. The van der Waals surface area contributed by atoms with Crippen molar-refractivity contribution >= 4 is 10.0 Å². The molecule has 0 aliphatic rings. The maximum atomic E-state index is 12.4. The van der Waals surface area contributed by atoms with E-state index >= 15 is 0 Å². The van der Waals surface area contributed by atoms with Gasteiger partial charge >= 0.3 is 0 Å². The van der Waals surface area contributed by atoms with Gasteiger partial charge in [-0.1, -0.05) is 12.1 Å². The zero-order valence-corrected chi connectivity index (χ0v) is 14.9. The average Bonchev–Trinajstić information content (AvgIpc) is 2.59. The molecule has 24 heavy (non-hydrogen) atoms. The van der Waals surface area contributed by atoms with Crippen molar-refractivity contribution in [3.63, 3.8) is 0 Å². The highest BCUT2D eigenvalue weighted by Gasteiger charge is 2.17. The molecular weight excluding hydrogens is 330 g/mol. The molecule has 0 saturated heterocycles. The summed E-state index contributed by atoms with van der Waals surface area (Å²) in [5.41, 5.74) is 1.58. The molecule has 0 aromatic heterocycles. The van der Waals surface area contributed by atoms with Crippen molar-refractivity contribution in [3.05, 3.63) is 47.5 Å². The van der Waals surface area contributed by atoms with Crippen LogP contribution >= 0.6 is 0 Å². The summed E-state index contributed by atoms with van der Waals surface area (Å²) in [5.74, 6) is 1.41. The van der Waals surface area contributed by atoms with Crippen LogP contribution in [0.2, 0.25) is 0 Å². The molecule has 1 N–H and O–H groups in total. The van der Waals surface area contributed by atoms with Crippen LogP contribution in [0.1, 0.15) is 11.1 Å². The SMILES string of the molecule is COc1cc(CNS(=O)(=O)c2cccc(C)c2)cc(OC)c1OC. The monoisotopic (exact) mass is 351 g/mol. The van der Waals surface area contributed by atoms with Gasteiger partial charge in [0.25, 0.3) is 0 Å². The molecule has 2 aromatic carbocycles. The summed E-state index contributed by atoms with van der Waals surface area (Å²) in [6, 6.07) is 10.2. The van der Waals surface area contributed by atoms with Crippen LogP contribution in [0.4, 0.5) is 0 Å². The van der Waals surface area contributed by atoms with Gasteiger partial charge in [-0.25, -0.2) is 13.1 Å². The van der Waals surface area contributed by atoms with Crippen molar-refractivity contribution in [1.29, 1.82) is 0 Å². The Morgan fingerprint density at radius 1 is 0.958 bits per heavy atom. The smallest absolute Gasteiger partial charge is 0.240 e. The molecule has 0 unspecified atom stereocenters. The lowest BCUT2D eigenvalue weighted by atomic mass is 10.2. The maximum Gasteiger partial charge on any atom is 0.240 e. The number of ether oxygens (including phenoxy) is 3. The maximum absolute atomic E-state index is 12.4. The molecule has 0 amide bonds. The van der Waals surface area contributed by atoms with Crippen LogP contribution in [0.3, 0.4) is 0 Å². The van der Waals surface area contributed by atoms with Gasteiger partial charge in [0.05, 0.1) is 26.2 Å². The highest BCUT2D eigenvalue weighted by atomic mass is 32.2. The fraction of sp³-hybridized carbons (Fsp3) is 0.294. The summed E-state index contributed by atoms with van der Waals surface area (Å²) in [7, 11) is 0.939. The summed E-state index contributed by atoms with van der Waals surface area (Å²) >= 11 is 0. The highest BCUT2D eigenvalue weighted by molar-refractivity contribution is 7.89. The molecule has 0 aliphatic carbocycles. The first-order valence-electron chi connectivity index (χ1n) is 7.26. The minimum absolute atomic E-state index is 0.104. The number of sulfonamides is 1. The topological polar surface area (TPSA) is 73.9 Å². The number of rotatable bonds is 7. The molecule has 0 heterocycles. The Labute approximate surface area is 142 Å². The van der Waals surface area contributed by atoms with E-state index in [-0.39, 0.29) is 11.4 Å². The minimum Gasteiger partial charge on any atom is -0.493 e. The Bertz CT molecular complexity index is 792. The lowest BCUT2D eigenvalue weighted by Crippen LogP contribution is -2.23. The van der Waals surface area contributed by atoms with E-state index in [1.165, 1.54) is 21.3 Å². The molecule has 0 aliphatic heterocycles. The molecule has 2 rings (SSSR count). The zero-order valence-electron chi connectivity index (χ0n) is 14.1. The van der Waals surface area contributed by atoms with Crippen molar-refractivity contribution in [2.24, 2.45) is 0 Å². The Kier molecular flexibility index (Phi) is 5.69. The van der Waals surface area contributed by atoms with Crippen LogP contribution in [0.5, 0.6) is 17.2 Å². The van der Waals surface area contributed by atoms with Gasteiger partial charge in [-0.2, -0.15) is 0 Å². The van der Waals surface area contributed by atoms with Gasteiger partial charge in [0.2, 0.25) is 15.8 Å². The Hall–Kier alpha value is -2.25. The average molecular weight is 351 g/mol. The Morgan fingerprint density at radius 2 is 1.58 bits per heavy atom. The first-order chi connectivity index (χ1) is 11.4. The van der Waals surface area contributed by atoms with Gasteiger partial charge in [-0.15, -0.1) is 0 Å². The molecule has 0 atom stereocenters. The van der Waals surface area contributed by atoms with Gasteiger partial charge in [-0.05, 0) is 42.3 Å². The van der Waals surface area contributed by atoms with Crippen molar-refractivity contribution < 1.29 is 22.6 Å². The van der Waals surface area contributed by atoms with Crippen molar-refractivity contribution in [3.8, 4) is 17.2 Å². The molecule has 7 heteroatoms. The number of hydrogen-bond donors (Lipinski definition) is 1. The van der Waals surface area contributed by atoms with Gasteiger partial charge < -0.3 is 14.2 Å². The summed E-state index contributed by atoms with van der Waals surface area (Å²) < 4.78 is 43.2. The largest absolute Gasteiger partial charge is 0.493 e. The molecule has 0 fully saturated rings. The molecule has 6 nitrogen and oxygen atoms in total. The number of benzene rings is 2. The van der Waals surface area contributed by atoms with Crippen LogP contribution in [0.15, 0.2) is 41.3 Å². The van der Waals surface area contributed by atoms with Crippen LogP contribution in [0.25, 0.3) is 0 Å². The fourth-order valence-corrected chi connectivity index (χ4v) is 3.40. The number of nitrogens with one attached hydrogen (secondary N) is 1. The van der Waals surface area contributed by atoms with Crippen LogP contribution in [-0.2, 0) is 16.6 Å². The standard InChI is InChI=1S/C17H21NO5S/c1-12-6-5-7-14(8-12)24(19,20)18-11-13-9-15(21-2)17(23-4)16(10-13)22-3/h5-10,18H,11H2,1-4H3. The second-order valence-corrected chi connectivity index (χ2v) is 6.94. The van der Waals surface area contributed by atoms with E-state index in [0.29, 0.717) is 22.8 Å². The Morgan fingerprint density at radius 3 is 2.08 bits per heavy atom. The van der Waals surface area contributed by atoms with Crippen LogP contribution < -0.4 is 18.9 Å². The summed E-state index contributed by atoms with van der Waals surface area (Å²) in [5, 5.41) is 0. The predicted molar refractivity (Wildman–Crippen MR) is 91.3 cm³/mol. The predicted octanol–water partition coefficient (Wildman–Crippen LogP) is 2.50. The third kappa shape index (κ3) is 3.98. The highest BCUT2D eigenvalue weighted by Crippen LogP contribution is 2.38. The van der Waals surface area contributed by atoms with Crippen LogP contribution in [0, 0.1) is 6.92 Å². The van der Waals surface area contributed by atoms with Crippen LogP contribution in [-0.4, -0.2) is 29.7 Å². The lowest BCUT2D eigenvalue weighted by Gasteiger charge is -2.14. The lowest BCUT2D eigenvalue weighted by molar-refractivity contribution is 0.323. The van der Waals surface area contributed by atoms with E-state index in [1.54, 1.807) is 30.3 Å². The summed E-state index contributed by atoms with van der Waals surface area (Å²) in [6.07, 6.45) is 0. The summed E-state index contributed by atoms with van der Waals surface area (Å²) in [4.78, 5) is 0.231. The van der Waals surface area contributed by atoms with Gasteiger partial charge in [0, 0.05) is 6.54 Å². The second kappa shape index (κ2) is 7.55. The molecule has 0 saturated carbocycles. The van der Waals surface area contributed by atoms with Crippen molar-refractivity contribution in [1.82, 2.24) is 4.72 Å². The molecular formula is C17H21NO5S. The number of hydrogen-bond acceptors (Lipinski definition) is 5. The van der Waals surface area contributed by atoms with Gasteiger partial charge in [-0.3, -0.25) is 0 Å². The molecule has 2 aromatic rings. The molecule has 0 radical (unpaired) electrons. The first kappa shape index (κ1) is 18.1. The van der Waals surface area contributed by atoms with Gasteiger partial charge in [0.15, 0.2) is 11.5 Å². The number of methoxy groups -OCH3 is 3. The van der Waals surface area contributed by atoms with Crippen molar-refractivity contribution in [2.75, 3.05) is 21.3 Å². The normalized spacial score (nSPS) is 11.2. The van der Waals surface area contributed by atoms with E-state index in [0.717, 1.165) is 5.56 Å². The minimum atomic E-state index is -3.60. The van der Waals surface area contributed by atoms with E-state index in [2.05, 4.69) is 4.72 Å². The van der Waals surface area contributed by atoms with E-state index in [9.17, 15) is 8.42 Å². The van der Waals surface area contributed by atoms with E-state index < -0.39 is 10.0 Å². The number of aryl methyl sites for hydroxylation is 1.